The van der Waals surface area contributed by atoms with Crippen molar-refractivity contribution in [3.63, 3.8) is 0 Å². The Kier molecular flexibility index (Phi) is 5.40. The van der Waals surface area contributed by atoms with Crippen LogP contribution >= 0.6 is 11.8 Å². The van der Waals surface area contributed by atoms with Crippen LogP contribution in [-0.4, -0.2) is 65.6 Å². The van der Waals surface area contributed by atoms with Gasteiger partial charge in [0.2, 0.25) is 5.91 Å². The van der Waals surface area contributed by atoms with E-state index in [1.54, 1.807) is 16.7 Å². The monoisotopic (exact) mass is 334 g/mol. The molecule has 1 unspecified atom stereocenters. The number of nitrogens with one attached hydrogen (secondary N) is 2. The fourth-order valence-corrected chi connectivity index (χ4v) is 3.77. The van der Waals surface area contributed by atoms with Crippen molar-refractivity contribution in [3.05, 3.63) is 30.3 Å². The van der Waals surface area contributed by atoms with Crippen LogP contribution in [0.25, 0.3) is 0 Å². The molecule has 1 atom stereocenters. The van der Waals surface area contributed by atoms with Gasteiger partial charge in [0.05, 0.1) is 6.04 Å². The van der Waals surface area contributed by atoms with Crippen molar-refractivity contribution >= 4 is 29.4 Å². The minimum absolute atomic E-state index is 0.0651. The number of hydrogen-bond donors (Lipinski definition) is 2. The number of para-hydroxylation sites is 1. The van der Waals surface area contributed by atoms with E-state index >= 15 is 0 Å². The van der Waals surface area contributed by atoms with E-state index in [-0.39, 0.29) is 18.0 Å². The van der Waals surface area contributed by atoms with E-state index in [0.717, 1.165) is 30.3 Å². The Morgan fingerprint density at radius 2 is 1.83 bits per heavy atom. The molecule has 23 heavy (non-hydrogen) atoms. The molecule has 2 fully saturated rings. The van der Waals surface area contributed by atoms with E-state index < -0.39 is 0 Å². The highest BCUT2D eigenvalue weighted by molar-refractivity contribution is 7.99. The average molecular weight is 334 g/mol. The first-order valence-electron chi connectivity index (χ1n) is 7.95. The fraction of sp³-hybridized carbons (Fsp3) is 0.500. The maximum atomic E-state index is 12.5. The molecule has 0 aliphatic carbocycles. The van der Waals surface area contributed by atoms with Crippen LogP contribution in [-0.2, 0) is 4.79 Å². The summed E-state index contributed by atoms with van der Waals surface area (Å²) in [6.45, 7) is 2.57. The van der Waals surface area contributed by atoms with Crippen LogP contribution in [0.4, 0.5) is 10.5 Å². The molecular weight excluding hydrogens is 312 g/mol. The molecule has 2 aliphatic heterocycles. The second-order valence-electron chi connectivity index (χ2n) is 5.73. The summed E-state index contributed by atoms with van der Waals surface area (Å²) in [5, 5.41) is 6.13. The number of rotatable bonds is 2. The number of hydrogen-bond acceptors (Lipinski definition) is 4. The Morgan fingerprint density at radius 3 is 2.57 bits per heavy atom. The molecule has 6 nitrogen and oxygen atoms in total. The fourth-order valence-electron chi connectivity index (χ4n) is 2.84. The topological polar surface area (TPSA) is 64.7 Å². The average Bonchev–Trinajstić information content (AvgIpc) is 2.99. The maximum absolute atomic E-state index is 12.5. The quantitative estimate of drug-likeness (QED) is 0.858. The van der Waals surface area contributed by atoms with Crippen molar-refractivity contribution in [1.29, 1.82) is 0 Å². The first kappa shape index (κ1) is 16.1. The molecule has 7 heteroatoms. The first-order chi connectivity index (χ1) is 11.2. The van der Waals surface area contributed by atoms with Crippen LogP contribution < -0.4 is 10.6 Å². The van der Waals surface area contributed by atoms with Gasteiger partial charge in [-0.3, -0.25) is 10.1 Å². The molecule has 1 aromatic rings. The molecule has 2 heterocycles. The van der Waals surface area contributed by atoms with E-state index in [0.29, 0.717) is 19.6 Å². The summed E-state index contributed by atoms with van der Waals surface area (Å²) < 4.78 is 0. The summed E-state index contributed by atoms with van der Waals surface area (Å²) in [6, 6.07) is 9.28. The number of carbonyl (C=O) groups excluding carboxylic acids is 2. The van der Waals surface area contributed by atoms with Crippen molar-refractivity contribution in [2.45, 2.75) is 12.5 Å². The predicted molar refractivity (Wildman–Crippen MR) is 92.5 cm³/mol. The van der Waals surface area contributed by atoms with Gasteiger partial charge >= 0.3 is 6.03 Å². The van der Waals surface area contributed by atoms with Crippen LogP contribution in [0.2, 0.25) is 0 Å². The number of amides is 3. The molecule has 0 radical (unpaired) electrons. The number of nitrogens with zero attached hydrogens (tertiary/aromatic N) is 2. The van der Waals surface area contributed by atoms with E-state index in [4.69, 9.17) is 0 Å². The van der Waals surface area contributed by atoms with Crippen molar-refractivity contribution in [2.75, 3.05) is 43.1 Å². The number of thioether (sulfide) groups is 1. The third kappa shape index (κ3) is 4.17. The van der Waals surface area contributed by atoms with Crippen LogP contribution in [0.5, 0.6) is 0 Å². The SMILES string of the molecule is O=C(Nc1ccccc1)N1CCCN(C(=O)C2CSCN2)CC1. The van der Waals surface area contributed by atoms with Gasteiger partial charge in [-0.2, -0.15) is 0 Å². The van der Waals surface area contributed by atoms with Gasteiger partial charge in [0.1, 0.15) is 0 Å². The Hall–Kier alpha value is -1.73. The van der Waals surface area contributed by atoms with Gasteiger partial charge in [-0.05, 0) is 18.6 Å². The van der Waals surface area contributed by atoms with Crippen LogP contribution in [0, 0.1) is 0 Å². The zero-order chi connectivity index (χ0) is 16.1. The number of urea groups is 1. The number of benzene rings is 1. The molecule has 2 aliphatic rings. The third-order valence-electron chi connectivity index (χ3n) is 4.13. The molecule has 0 aromatic heterocycles. The van der Waals surface area contributed by atoms with E-state index in [1.807, 2.05) is 35.2 Å². The minimum atomic E-state index is -0.0972. The first-order valence-corrected chi connectivity index (χ1v) is 9.10. The van der Waals surface area contributed by atoms with Gasteiger partial charge in [0.15, 0.2) is 0 Å². The Bertz CT molecular complexity index is 548. The Balaban J connectivity index is 1.53. The lowest BCUT2D eigenvalue weighted by Crippen LogP contribution is -2.46. The standard InChI is InChI=1S/C16H22N4O2S/c21-15(14-11-23-12-17-14)19-7-4-8-20(10-9-19)16(22)18-13-5-2-1-3-6-13/h1-3,5-6,14,17H,4,7-12H2,(H,18,22). The zero-order valence-electron chi connectivity index (χ0n) is 13.0. The summed E-state index contributed by atoms with van der Waals surface area (Å²) in [5.41, 5.74) is 0.793. The second-order valence-corrected chi connectivity index (χ2v) is 6.76. The van der Waals surface area contributed by atoms with Gasteiger partial charge in [-0.25, -0.2) is 4.79 Å². The lowest BCUT2D eigenvalue weighted by molar-refractivity contribution is -0.132. The summed E-state index contributed by atoms with van der Waals surface area (Å²) in [7, 11) is 0. The van der Waals surface area contributed by atoms with Gasteiger partial charge in [0, 0.05) is 43.5 Å². The smallest absolute Gasteiger partial charge is 0.321 e. The van der Waals surface area contributed by atoms with Crippen molar-refractivity contribution in [3.8, 4) is 0 Å². The molecule has 1 aromatic carbocycles. The molecule has 2 saturated heterocycles. The third-order valence-corrected chi connectivity index (χ3v) is 5.07. The highest BCUT2D eigenvalue weighted by Crippen LogP contribution is 2.14. The molecule has 124 valence electrons. The van der Waals surface area contributed by atoms with Crippen LogP contribution in [0.3, 0.4) is 0 Å². The number of anilines is 1. The van der Waals surface area contributed by atoms with Crippen LogP contribution in [0.1, 0.15) is 6.42 Å². The lowest BCUT2D eigenvalue weighted by atomic mass is 10.2. The van der Waals surface area contributed by atoms with Gasteiger partial charge in [-0.15, -0.1) is 11.8 Å². The van der Waals surface area contributed by atoms with Crippen LogP contribution in [0.15, 0.2) is 30.3 Å². The summed E-state index contributed by atoms with van der Waals surface area (Å²) in [5.74, 6) is 1.85. The summed E-state index contributed by atoms with van der Waals surface area (Å²) >= 11 is 1.75. The highest BCUT2D eigenvalue weighted by atomic mass is 32.2. The van der Waals surface area contributed by atoms with E-state index in [1.165, 1.54) is 0 Å². The minimum Gasteiger partial charge on any atom is -0.339 e. The largest absolute Gasteiger partial charge is 0.339 e. The molecule has 0 saturated carbocycles. The Morgan fingerprint density at radius 1 is 1.09 bits per heavy atom. The number of carbonyl (C=O) groups is 2. The van der Waals surface area contributed by atoms with Gasteiger partial charge in [-0.1, -0.05) is 18.2 Å². The molecule has 0 spiro atoms. The van der Waals surface area contributed by atoms with Gasteiger partial charge < -0.3 is 15.1 Å². The molecule has 2 N–H and O–H groups in total. The van der Waals surface area contributed by atoms with Crippen molar-refractivity contribution in [2.24, 2.45) is 0 Å². The summed E-state index contributed by atoms with van der Waals surface area (Å²) in [6.07, 6.45) is 0.813. The summed E-state index contributed by atoms with van der Waals surface area (Å²) in [4.78, 5) is 28.5. The van der Waals surface area contributed by atoms with Gasteiger partial charge in [0.25, 0.3) is 0 Å². The predicted octanol–water partition coefficient (Wildman–Crippen LogP) is 1.42. The molecule has 3 amide bonds. The molecule has 0 bridgehead atoms. The lowest BCUT2D eigenvalue weighted by Gasteiger charge is -2.24. The Labute approximate surface area is 140 Å². The maximum Gasteiger partial charge on any atom is 0.321 e. The highest BCUT2D eigenvalue weighted by Gasteiger charge is 2.29. The van der Waals surface area contributed by atoms with E-state index in [9.17, 15) is 9.59 Å². The van der Waals surface area contributed by atoms with Crippen molar-refractivity contribution < 1.29 is 9.59 Å². The second kappa shape index (κ2) is 7.70. The van der Waals surface area contributed by atoms with Crippen molar-refractivity contribution in [1.82, 2.24) is 15.1 Å². The molecular formula is C16H22N4O2S. The normalized spacial score (nSPS) is 21.8. The zero-order valence-corrected chi connectivity index (χ0v) is 13.8. The van der Waals surface area contributed by atoms with E-state index in [2.05, 4.69) is 10.6 Å². The molecule has 3 rings (SSSR count).